The molecule has 0 aromatic carbocycles. The van der Waals surface area contributed by atoms with E-state index >= 15 is 0 Å². The molecule has 0 bridgehead atoms. The summed E-state index contributed by atoms with van der Waals surface area (Å²) in [5.41, 5.74) is 8.07. The van der Waals surface area contributed by atoms with Crippen LogP contribution in [0.5, 0.6) is 0 Å². The Labute approximate surface area is 102 Å². The molecule has 2 atom stereocenters. The third-order valence-corrected chi connectivity index (χ3v) is 3.20. The van der Waals surface area contributed by atoms with Crippen molar-refractivity contribution in [3.63, 3.8) is 0 Å². The summed E-state index contributed by atoms with van der Waals surface area (Å²) in [4.78, 5) is 18.1. The minimum absolute atomic E-state index is 0.0805. The van der Waals surface area contributed by atoms with E-state index in [2.05, 4.69) is 4.98 Å². The third-order valence-electron chi connectivity index (χ3n) is 3.20. The average molecular weight is 233 g/mol. The second kappa shape index (κ2) is 4.45. The van der Waals surface area contributed by atoms with Crippen LogP contribution in [0.1, 0.15) is 37.6 Å². The molecule has 4 heteroatoms. The quantitative estimate of drug-likeness (QED) is 0.840. The van der Waals surface area contributed by atoms with Gasteiger partial charge in [-0.3, -0.25) is 9.78 Å². The topological polar surface area (TPSA) is 59.2 Å². The molecule has 0 radical (unpaired) electrons. The van der Waals surface area contributed by atoms with Crippen LogP contribution in [0, 0.1) is 6.92 Å². The van der Waals surface area contributed by atoms with E-state index in [1.807, 2.05) is 44.0 Å². The lowest BCUT2D eigenvalue weighted by molar-refractivity contribution is -0.130. The summed E-state index contributed by atoms with van der Waals surface area (Å²) in [6, 6.07) is 3.90. The molecule has 2 rings (SSSR count). The first kappa shape index (κ1) is 12.0. The Bertz CT molecular complexity index is 413. The number of nitrogens with two attached hydrogens (primary N) is 1. The van der Waals surface area contributed by atoms with E-state index in [0.29, 0.717) is 6.42 Å². The molecule has 17 heavy (non-hydrogen) atoms. The lowest BCUT2D eigenvalue weighted by Crippen LogP contribution is -2.38. The lowest BCUT2D eigenvalue weighted by Gasteiger charge is -2.29. The molecule has 1 aromatic rings. The molecule has 92 valence electrons. The summed E-state index contributed by atoms with van der Waals surface area (Å²) >= 11 is 0. The van der Waals surface area contributed by atoms with E-state index in [1.165, 1.54) is 0 Å². The monoisotopic (exact) mass is 233 g/mol. The molecule has 0 aliphatic carbocycles. The molecule has 1 aromatic heterocycles. The van der Waals surface area contributed by atoms with E-state index in [-0.39, 0.29) is 24.0 Å². The average Bonchev–Trinajstić information content (AvgIpc) is 2.55. The number of hydrogen-bond acceptors (Lipinski definition) is 3. The van der Waals surface area contributed by atoms with Crippen LogP contribution in [0.2, 0.25) is 0 Å². The van der Waals surface area contributed by atoms with Gasteiger partial charge in [-0.1, -0.05) is 6.07 Å². The van der Waals surface area contributed by atoms with E-state index in [1.54, 1.807) is 0 Å². The number of nitrogens with zero attached hydrogens (tertiary/aromatic N) is 2. The standard InChI is InChI=1S/C13H19N3O/c1-8(2)16-12(17)6-10(14)13(16)11-5-4-9(3)7-15-11/h4-5,7-8,10,13H,6,14H2,1-3H3/t10-,13-/m0/s1. The predicted molar refractivity (Wildman–Crippen MR) is 66.3 cm³/mol. The van der Waals surface area contributed by atoms with Gasteiger partial charge in [0.2, 0.25) is 5.91 Å². The van der Waals surface area contributed by atoms with Crippen molar-refractivity contribution >= 4 is 5.91 Å². The zero-order valence-electron chi connectivity index (χ0n) is 10.6. The van der Waals surface area contributed by atoms with Crippen molar-refractivity contribution in [1.82, 2.24) is 9.88 Å². The van der Waals surface area contributed by atoms with Gasteiger partial charge in [-0.15, -0.1) is 0 Å². The number of aromatic nitrogens is 1. The zero-order valence-corrected chi connectivity index (χ0v) is 10.6. The van der Waals surface area contributed by atoms with Gasteiger partial charge in [0.25, 0.3) is 0 Å². The van der Waals surface area contributed by atoms with Gasteiger partial charge < -0.3 is 10.6 Å². The predicted octanol–water partition coefficient (Wildman–Crippen LogP) is 1.40. The number of carbonyl (C=O) groups is 1. The summed E-state index contributed by atoms with van der Waals surface area (Å²) in [6.07, 6.45) is 2.24. The Balaban J connectivity index is 2.34. The van der Waals surface area contributed by atoms with Crippen molar-refractivity contribution in [2.75, 3.05) is 0 Å². The Kier molecular flexibility index (Phi) is 3.15. The first-order valence-electron chi connectivity index (χ1n) is 6.00. The lowest BCUT2D eigenvalue weighted by atomic mass is 10.0. The molecular weight excluding hydrogens is 214 g/mol. The van der Waals surface area contributed by atoms with Crippen molar-refractivity contribution in [3.8, 4) is 0 Å². The fraction of sp³-hybridized carbons (Fsp3) is 0.538. The molecule has 1 saturated heterocycles. The number of pyridine rings is 1. The van der Waals surface area contributed by atoms with Crippen molar-refractivity contribution < 1.29 is 4.79 Å². The number of rotatable bonds is 2. The Hall–Kier alpha value is -1.42. The van der Waals surface area contributed by atoms with Crippen molar-refractivity contribution in [2.45, 2.75) is 45.3 Å². The van der Waals surface area contributed by atoms with E-state index in [9.17, 15) is 4.79 Å². The van der Waals surface area contributed by atoms with Crippen LogP contribution in [-0.4, -0.2) is 27.9 Å². The normalized spacial score (nSPS) is 24.8. The maximum Gasteiger partial charge on any atom is 0.225 e. The van der Waals surface area contributed by atoms with Gasteiger partial charge in [-0.25, -0.2) is 0 Å². The minimum Gasteiger partial charge on any atom is -0.330 e. The summed E-state index contributed by atoms with van der Waals surface area (Å²) in [5, 5.41) is 0. The second-order valence-corrected chi connectivity index (χ2v) is 4.97. The largest absolute Gasteiger partial charge is 0.330 e. The van der Waals surface area contributed by atoms with Crippen molar-refractivity contribution in [3.05, 3.63) is 29.6 Å². The van der Waals surface area contributed by atoms with Gasteiger partial charge in [0, 0.05) is 24.7 Å². The second-order valence-electron chi connectivity index (χ2n) is 4.97. The van der Waals surface area contributed by atoms with Gasteiger partial charge in [0.1, 0.15) is 0 Å². The maximum absolute atomic E-state index is 11.9. The first-order chi connectivity index (χ1) is 8.00. The summed E-state index contributed by atoms with van der Waals surface area (Å²) in [6.45, 7) is 6.02. The molecule has 2 N–H and O–H groups in total. The molecule has 1 fully saturated rings. The fourth-order valence-corrected chi connectivity index (χ4v) is 2.41. The van der Waals surface area contributed by atoms with Gasteiger partial charge in [0.15, 0.2) is 0 Å². The molecule has 1 amide bonds. The first-order valence-corrected chi connectivity index (χ1v) is 6.00. The van der Waals surface area contributed by atoms with Crippen LogP contribution in [0.4, 0.5) is 0 Å². The van der Waals surface area contributed by atoms with E-state index in [0.717, 1.165) is 11.3 Å². The van der Waals surface area contributed by atoms with Gasteiger partial charge in [-0.2, -0.15) is 0 Å². The molecule has 4 nitrogen and oxygen atoms in total. The van der Waals surface area contributed by atoms with Gasteiger partial charge >= 0.3 is 0 Å². The van der Waals surface area contributed by atoms with Crippen LogP contribution in [-0.2, 0) is 4.79 Å². The number of hydrogen-bond donors (Lipinski definition) is 1. The molecule has 0 unspecified atom stereocenters. The van der Waals surface area contributed by atoms with E-state index in [4.69, 9.17) is 5.73 Å². The molecule has 0 saturated carbocycles. The summed E-state index contributed by atoms with van der Waals surface area (Å²) in [5.74, 6) is 0.125. The SMILES string of the molecule is Cc1ccc([C@@H]2[C@@H](N)CC(=O)N2C(C)C)nc1. The summed E-state index contributed by atoms with van der Waals surface area (Å²) < 4.78 is 0. The number of aryl methyl sites for hydroxylation is 1. The smallest absolute Gasteiger partial charge is 0.225 e. The number of likely N-dealkylation sites (tertiary alicyclic amines) is 1. The minimum atomic E-state index is -0.153. The van der Waals surface area contributed by atoms with Crippen molar-refractivity contribution in [1.29, 1.82) is 0 Å². The highest BCUT2D eigenvalue weighted by Gasteiger charge is 2.40. The van der Waals surface area contributed by atoms with Crippen molar-refractivity contribution in [2.24, 2.45) is 5.73 Å². The van der Waals surface area contributed by atoms with Crippen LogP contribution in [0.25, 0.3) is 0 Å². The third kappa shape index (κ3) is 2.17. The molecule has 2 heterocycles. The molecule has 0 spiro atoms. The number of amides is 1. The van der Waals surface area contributed by atoms with Gasteiger partial charge in [0.05, 0.1) is 11.7 Å². The van der Waals surface area contributed by atoms with Gasteiger partial charge in [-0.05, 0) is 32.4 Å². The maximum atomic E-state index is 11.9. The highest BCUT2D eigenvalue weighted by Crippen LogP contribution is 2.32. The Morgan fingerprint density at radius 1 is 1.47 bits per heavy atom. The Morgan fingerprint density at radius 3 is 2.71 bits per heavy atom. The highest BCUT2D eigenvalue weighted by atomic mass is 16.2. The zero-order chi connectivity index (χ0) is 12.6. The molecule has 1 aliphatic rings. The molecular formula is C13H19N3O. The highest BCUT2D eigenvalue weighted by molar-refractivity contribution is 5.80. The fourth-order valence-electron chi connectivity index (χ4n) is 2.41. The van der Waals surface area contributed by atoms with Crippen LogP contribution < -0.4 is 5.73 Å². The number of carbonyl (C=O) groups excluding carboxylic acids is 1. The summed E-state index contributed by atoms with van der Waals surface area (Å²) in [7, 11) is 0. The van der Waals surface area contributed by atoms with E-state index < -0.39 is 0 Å². The van der Waals surface area contributed by atoms with Crippen LogP contribution >= 0.6 is 0 Å². The van der Waals surface area contributed by atoms with Crippen LogP contribution in [0.3, 0.4) is 0 Å². The molecule has 1 aliphatic heterocycles. The Morgan fingerprint density at radius 2 is 2.18 bits per heavy atom. The van der Waals surface area contributed by atoms with Crippen LogP contribution in [0.15, 0.2) is 18.3 Å².